The van der Waals surface area contributed by atoms with Gasteiger partial charge in [0.1, 0.15) is 11.3 Å². The monoisotopic (exact) mass is 518 g/mol. The fraction of sp³-hybridized carbons (Fsp3) is 0.118. The molecule has 2 aromatic heterocycles. The van der Waals surface area contributed by atoms with Gasteiger partial charge in [-0.25, -0.2) is 22.5 Å². The number of rotatable bonds is 3. The summed E-state index contributed by atoms with van der Waals surface area (Å²) < 4.78 is 120. The number of hydrogen-bond acceptors (Lipinski definition) is 4. The van der Waals surface area contributed by atoms with Crippen LogP contribution in [0.25, 0.3) is 5.69 Å². The van der Waals surface area contributed by atoms with Gasteiger partial charge in [0.2, 0.25) is 17.5 Å². The van der Waals surface area contributed by atoms with Crippen molar-refractivity contribution in [2.75, 3.05) is 0 Å². The van der Waals surface area contributed by atoms with Gasteiger partial charge in [0.25, 0.3) is 5.95 Å². The van der Waals surface area contributed by atoms with Crippen molar-refractivity contribution in [3.63, 3.8) is 0 Å². The second-order valence-electron chi connectivity index (χ2n) is 6.00. The van der Waals surface area contributed by atoms with Crippen LogP contribution in [0.2, 0.25) is 0 Å². The van der Waals surface area contributed by atoms with Crippen molar-refractivity contribution in [3.8, 4) is 11.6 Å². The number of nitrogens with zero attached hydrogens (tertiary/aromatic N) is 3. The largest absolute Gasteiger partial charge is 0.493 e. The van der Waals surface area contributed by atoms with Crippen LogP contribution < -0.4 is 0 Å². The van der Waals surface area contributed by atoms with Gasteiger partial charge in [0.15, 0.2) is 29.0 Å². The molecule has 3 aromatic rings. The Morgan fingerprint density at radius 1 is 0.969 bits per heavy atom. The van der Waals surface area contributed by atoms with E-state index in [-0.39, 0.29) is 33.9 Å². The molecule has 0 spiro atoms. The molecule has 15 heteroatoms. The van der Waals surface area contributed by atoms with Gasteiger partial charge in [0.05, 0.1) is 5.69 Å². The van der Waals surface area contributed by atoms with Crippen LogP contribution in [-0.4, -0.2) is 25.7 Å². The number of alkyl halides is 3. The number of aromatic hydroxyl groups is 1. The van der Waals surface area contributed by atoms with Crippen molar-refractivity contribution in [1.82, 2.24) is 14.8 Å². The van der Waals surface area contributed by atoms with Crippen molar-refractivity contribution >= 4 is 5.78 Å². The van der Waals surface area contributed by atoms with E-state index in [2.05, 4.69) is 10.1 Å². The van der Waals surface area contributed by atoms with Gasteiger partial charge in [-0.1, -0.05) is 0 Å². The van der Waals surface area contributed by atoms with Crippen LogP contribution in [0.1, 0.15) is 27.3 Å². The van der Waals surface area contributed by atoms with E-state index in [1.165, 1.54) is 0 Å². The predicted molar refractivity (Wildman–Crippen MR) is 82.4 cm³/mol. The number of hydrogen-bond donors (Lipinski definition) is 1. The van der Waals surface area contributed by atoms with Crippen molar-refractivity contribution < 1.29 is 66.5 Å². The summed E-state index contributed by atoms with van der Waals surface area (Å²) in [6.07, 6.45) is -5.56. The molecule has 0 aliphatic rings. The first-order chi connectivity index (χ1) is 14.3. The van der Waals surface area contributed by atoms with Crippen molar-refractivity contribution in [2.24, 2.45) is 0 Å². The molecule has 0 aliphatic carbocycles. The molecule has 0 bridgehead atoms. The third kappa shape index (κ3) is 4.05. The number of aromatic nitrogens is 3. The first-order valence-electron chi connectivity index (χ1n) is 7.85. The zero-order chi connectivity index (χ0) is 23.4. The molecule has 0 amide bonds. The molecular formula is C17H6CuF9N3O2. The molecule has 175 valence electrons. The SMILES string of the molecule is Cc1nn(-c2c(F)c(F)nc(C(F)(F)F)c2F)c(O)c1C(=O)c1cc(F)c(F)c(F)c1.[Cu]. The number of pyridine rings is 1. The van der Waals surface area contributed by atoms with E-state index in [1.54, 1.807) is 0 Å². The molecule has 0 fully saturated rings. The number of carbonyl (C=O) groups excluding carboxylic acids is 1. The summed E-state index contributed by atoms with van der Waals surface area (Å²) in [6, 6.07) is 0.484. The Balaban J connectivity index is 0.00000363. The van der Waals surface area contributed by atoms with Gasteiger partial charge in [-0.15, -0.1) is 0 Å². The molecule has 1 aromatic carbocycles. The average molecular weight is 519 g/mol. The Kier molecular flexibility index (Phi) is 6.67. The fourth-order valence-electron chi connectivity index (χ4n) is 2.64. The van der Waals surface area contributed by atoms with Crippen LogP contribution in [0.3, 0.4) is 0 Å². The van der Waals surface area contributed by atoms with Gasteiger partial charge in [0, 0.05) is 22.6 Å². The molecule has 0 aliphatic heterocycles. The zero-order valence-corrected chi connectivity index (χ0v) is 16.0. The summed E-state index contributed by atoms with van der Waals surface area (Å²) in [5.41, 5.74) is -6.71. The summed E-state index contributed by atoms with van der Waals surface area (Å²) in [5.74, 6) is -15.5. The van der Waals surface area contributed by atoms with E-state index in [0.717, 1.165) is 6.92 Å². The summed E-state index contributed by atoms with van der Waals surface area (Å²) in [5, 5.41) is 13.5. The van der Waals surface area contributed by atoms with Gasteiger partial charge < -0.3 is 5.11 Å². The van der Waals surface area contributed by atoms with E-state index in [9.17, 15) is 49.4 Å². The molecule has 5 nitrogen and oxygen atoms in total. The van der Waals surface area contributed by atoms with Gasteiger partial charge in [-0.2, -0.15) is 31.7 Å². The summed E-state index contributed by atoms with van der Waals surface area (Å²) in [4.78, 5) is 14.6. The van der Waals surface area contributed by atoms with Gasteiger partial charge in [-0.3, -0.25) is 4.79 Å². The van der Waals surface area contributed by atoms with Gasteiger partial charge >= 0.3 is 6.18 Å². The van der Waals surface area contributed by atoms with Crippen LogP contribution in [0.5, 0.6) is 5.88 Å². The summed E-state index contributed by atoms with van der Waals surface area (Å²) in [6.45, 7) is 0.942. The maximum Gasteiger partial charge on any atom is 0.436 e. The number of ketones is 1. The molecule has 0 atom stereocenters. The maximum absolute atomic E-state index is 14.3. The third-order valence-corrected chi connectivity index (χ3v) is 4.00. The Labute approximate surface area is 182 Å². The first-order valence-corrected chi connectivity index (χ1v) is 7.85. The summed E-state index contributed by atoms with van der Waals surface area (Å²) in [7, 11) is 0. The topological polar surface area (TPSA) is 68.0 Å². The Morgan fingerprint density at radius 2 is 1.50 bits per heavy atom. The van der Waals surface area contributed by atoms with Crippen LogP contribution >= 0.6 is 0 Å². The minimum atomic E-state index is -5.56. The second-order valence-corrected chi connectivity index (χ2v) is 6.00. The van der Waals surface area contributed by atoms with Crippen molar-refractivity contribution in [3.05, 3.63) is 69.7 Å². The van der Waals surface area contributed by atoms with Gasteiger partial charge in [-0.05, 0) is 19.1 Å². The third-order valence-electron chi connectivity index (χ3n) is 4.00. The number of benzene rings is 1. The molecular weight excluding hydrogens is 513 g/mol. The van der Waals surface area contributed by atoms with Crippen LogP contribution in [0.4, 0.5) is 39.5 Å². The van der Waals surface area contributed by atoms with Crippen molar-refractivity contribution in [1.29, 1.82) is 0 Å². The molecule has 1 N–H and O–H groups in total. The van der Waals surface area contributed by atoms with E-state index < -0.39 is 81.1 Å². The van der Waals surface area contributed by atoms with Crippen LogP contribution in [0, 0.1) is 42.0 Å². The maximum atomic E-state index is 14.3. The Morgan fingerprint density at radius 3 is 2.00 bits per heavy atom. The van der Waals surface area contributed by atoms with E-state index >= 15 is 0 Å². The predicted octanol–water partition coefficient (Wildman–Crippen LogP) is 4.36. The fourth-order valence-corrected chi connectivity index (χ4v) is 2.64. The zero-order valence-electron chi connectivity index (χ0n) is 15.1. The first kappa shape index (κ1) is 25.2. The van der Waals surface area contributed by atoms with Crippen LogP contribution in [-0.2, 0) is 23.2 Å². The normalized spacial score (nSPS) is 11.4. The van der Waals surface area contributed by atoms with E-state index in [0.29, 0.717) is 0 Å². The van der Waals surface area contributed by atoms with Crippen molar-refractivity contribution in [2.45, 2.75) is 13.1 Å². The minimum Gasteiger partial charge on any atom is -0.493 e. The number of halogens is 9. The van der Waals surface area contributed by atoms with E-state index in [4.69, 9.17) is 0 Å². The molecule has 2 heterocycles. The molecule has 3 rings (SSSR count). The smallest absolute Gasteiger partial charge is 0.436 e. The molecule has 0 saturated heterocycles. The standard InChI is InChI=1S/C17H6F9N3O2.Cu/c1-4-8(13(30)5-2-6(18)9(20)7(19)3-5)16(31)29(28-4)12-10(21)14(17(24,25)26)27-15(23)11(12)22;/h2-3,31H,1H3;. The minimum absolute atomic E-state index is 0. The number of aryl methyl sites for hydroxylation is 1. The quantitative estimate of drug-likeness (QED) is 0.184. The van der Waals surface area contributed by atoms with E-state index in [1.807, 2.05) is 0 Å². The molecule has 0 unspecified atom stereocenters. The molecule has 32 heavy (non-hydrogen) atoms. The Bertz CT molecular complexity index is 1220. The summed E-state index contributed by atoms with van der Waals surface area (Å²) >= 11 is 0. The van der Waals surface area contributed by atoms with Crippen LogP contribution in [0.15, 0.2) is 12.1 Å². The average Bonchev–Trinajstić information content (AvgIpc) is 2.95. The molecule has 1 radical (unpaired) electrons. The second kappa shape index (κ2) is 8.47. The molecule has 0 saturated carbocycles. The number of carbonyl (C=O) groups is 1. The Hall–Kier alpha value is -3.06.